The molecule has 11 rings (SSSR count). The fourth-order valence-electron chi connectivity index (χ4n) is 10.0. The monoisotopic (exact) mass is 662 g/mol. The van der Waals surface area contributed by atoms with E-state index in [-0.39, 0.29) is 10.8 Å². The molecule has 0 N–H and O–H groups in total. The Morgan fingerprint density at radius 1 is 0.288 bits per heavy atom. The van der Waals surface area contributed by atoms with Crippen LogP contribution in [0.3, 0.4) is 0 Å². The maximum atomic E-state index is 2.57. The highest BCUT2D eigenvalue weighted by Gasteiger charge is 2.41. The summed E-state index contributed by atoms with van der Waals surface area (Å²) >= 11 is 0. The minimum atomic E-state index is -0.181. The molecule has 0 heteroatoms. The number of benzene rings is 9. The predicted molar refractivity (Wildman–Crippen MR) is 222 cm³/mol. The van der Waals surface area contributed by atoms with Crippen LogP contribution in [-0.4, -0.2) is 0 Å². The van der Waals surface area contributed by atoms with E-state index < -0.39 is 0 Å². The van der Waals surface area contributed by atoms with Gasteiger partial charge in [0, 0.05) is 10.8 Å². The lowest BCUT2D eigenvalue weighted by atomic mass is 9.66. The lowest BCUT2D eigenvalue weighted by Crippen LogP contribution is -2.24. The molecule has 0 radical (unpaired) electrons. The average molecular weight is 663 g/mol. The van der Waals surface area contributed by atoms with Gasteiger partial charge in [0.15, 0.2) is 0 Å². The first-order valence-electron chi connectivity index (χ1n) is 18.6. The van der Waals surface area contributed by atoms with Gasteiger partial charge in [-0.25, -0.2) is 0 Å². The van der Waals surface area contributed by atoms with Crippen molar-refractivity contribution in [1.82, 2.24) is 0 Å². The van der Waals surface area contributed by atoms with Gasteiger partial charge >= 0.3 is 0 Å². The Labute approximate surface area is 305 Å². The first-order valence-corrected chi connectivity index (χ1v) is 18.6. The smallest absolute Gasteiger partial charge is 0.0159 e. The molecule has 0 saturated heterocycles. The van der Waals surface area contributed by atoms with Crippen molar-refractivity contribution >= 4 is 43.1 Å². The van der Waals surface area contributed by atoms with Gasteiger partial charge in [-0.05, 0) is 128 Å². The van der Waals surface area contributed by atoms with Crippen LogP contribution in [0.25, 0.3) is 87.6 Å². The number of rotatable bonds is 2. The number of hydrogen-bond donors (Lipinski definition) is 0. The summed E-state index contributed by atoms with van der Waals surface area (Å²) in [5.41, 5.74) is 16.0. The summed E-state index contributed by atoms with van der Waals surface area (Å²) in [6, 6.07) is 59.5. The van der Waals surface area contributed by atoms with E-state index in [1.54, 1.807) is 0 Å². The van der Waals surface area contributed by atoms with Crippen molar-refractivity contribution in [3.05, 3.63) is 180 Å². The van der Waals surface area contributed by atoms with Gasteiger partial charge in [-0.3, -0.25) is 0 Å². The Bertz CT molecular complexity index is 3000. The topological polar surface area (TPSA) is 0 Å². The van der Waals surface area contributed by atoms with E-state index in [1.165, 1.54) is 110 Å². The molecule has 0 atom stereocenters. The summed E-state index contributed by atoms with van der Waals surface area (Å²) in [5.74, 6) is 0. The van der Waals surface area contributed by atoms with Crippen LogP contribution in [-0.2, 0) is 10.8 Å². The van der Waals surface area contributed by atoms with Crippen LogP contribution >= 0.6 is 0 Å². The summed E-state index contributed by atoms with van der Waals surface area (Å²) in [4.78, 5) is 0. The first-order chi connectivity index (χ1) is 25.3. The van der Waals surface area contributed by atoms with E-state index in [1.807, 2.05) is 0 Å². The number of fused-ring (bicyclic) bond motifs is 9. The van der Waals surface area contributed by atoms with Crippen molar-refractivity contribution in [1.29, 1.82) is 0 Å². The van der Waals surface area contributed by atoms with Crippen molar-refractivity contribution in [2.24, 2.45) is 0 Å². The van der Waals surface area contributed by atoms with Crippen LogP contribution in [0.1, 0.15) is 49.9 Å². The highest BCUT2D eigenvalue weighted by Crippen LogP contribution is 2.58. The van der Waals surface area contributed by atoms with Gasteiger partial charge in [-0.2, -0.15) is 0 Å². The number of hydrogen-bond acceptors (Lipinski definition) is 0. The molecule has 0 spiro atoms. The third-order valence-electron chi connectivity index (χ3n) is 12.7. The van der Waals surface area contributed by atoms with E-state index in [0.29, 0.717) is 0 Å². The molecule has 2 aliphatic carbocycles. The zero-order valence-corrected chi connectivity index (χ0v) is 30.0. The van der Waals surface area contributed by atoms with E-state index in [4.69, 9.17) is 0 Å². The third kappa shape index (κ3) is 3.82. The second kappa shape index (κ2) is 10.3. The molecule has 0 nitrogen and oxygen atoms in total. The Balaban J connectivity index is 1.18. The summed E-state index contributed by atoms with van der Waals surface area (Å²) in [6.07, 6.45) is 0. The van der Waals surface area contributed by atoms with Crippen LogP contribution in [0.5, 0.6) is 0 Å². The molecule has 9 aromatic carbocycles. The fraction of sp³-hybridized carbons (Fsp3) is 0.115. The van der Waals surface area contributed by atoms with E-state index in [0.717, 1.165) is 0 Å². The molecule has 0 unspecified atom stereocenters. The van der Waals surface area contributed by atoms with Crippen LogP contribution in [0, 0.1) is 0 Å². The van der Waals surface area contributed by atoms with Crippen molar-refractivity contribution in [3.63, 3.8) is 0 Å². The Hall–Kier alpha value is -5.98. The normalized spacial score (nSPS) is 14.8. The largest absolute Gasteiger partial charge is 0.0616 e. The maximum Gasteiger partial charge on any atom is 0.0159 e. The highest BCUT2D eigenvalue weighted by molar-refractivity contribution is 6.15. The molecular formula is C52H38. The van der Waals surface area contributed by atoms with Gasteiger partial charge < -0.3 is 0 Å². The van der Waals surface area contributed by atoms with Gasteiger partial charge in [0.05, 0.1) is 0 Å². The third-order valence-corrected chi connectivity index (χ3v) is 12.7. The average Bonchev–Trinajstić information content (AvgIpc) is 3.40. The zero-order valence-electron chi connectivity index (χ0n) is 30.0. The van der Waals surface area contributed by atoms with E-state index >= 15 is 0 Å². The highest BCUT2D eigenvalue weighted by atomic mass is 14.4. The van der Waals surface area contributed by atoms with Gasteiger partial charge in [0.2, 0.25) is 0 Å². The molecule has 246 valence electrons. The van der Waals surface area contributed by atoms with Crippen LogP contribution in [0.15, 0.2) is 158 Å². The second-order valence-corrected chi connectivity index (χ2v) is 16.0. The zero-order chi connectivity index (χ0) is 34.9. The summed E-state index contributed by atoms with van der Waals surface area (Å²) < 4.78 is 0. The van der Waals surface area contributed by atoms with Crippen LogP contribution in [0.2, 0.25) is 0 Å². The van der Waals surface area contributed by atoms with Crippen molar-refractivity contribution in [2.45, 2.75) is 38.5 Å². The minimum absolute atomic E-state index is 0.174. The molecule has 0 amide bonds. The van der Waals surface area contributed by atoms with Crippen LogP contribution in [0.4, 0.5) is 0 Å². The van der Waals surface area contributed by atoms with Gasteiger partial charge in [0.25, 0.3) is 0 Å². The molecule has 0 saturated carbocycles. The van der Waals surface area contributed by atoms with Crippen molar-refractivity contribution in [3.8, 4) is 44.5 Å². The minimum Gasteiger partial charge on any atom is -0.0616 e. The van der Waals surface area contributed by atoms with Crippen molar-refractivity contribution in [2.75, 3.05) is 0 Å². The first kappa shape index (κ1) is 29.7. The maximum absolute atomic E-state index is 2.57. The second-order valence-electron chi connectivity index (χ2n) is 16.0. The van der Waals surface area contributed by atoms with Gasteiger partial charge in [-0.1, -0.05) is 167 Å². The summed E-state index contributed by atoms with van der Waals surface area (Å²) in [5, 5.41) is 10.5. The summed E-state index contributed by atoms with van der Waals surface area (Å²) in [7, 11) is 0. The molecule has 0 aromatic heterocycles. The Kier molecular flexibility index (Phi) is 5.89. The van der Waals surface area contributed by atoms with E-state index in [9.17, 15) is 0 Å². The van der Waals surface area contributed by atoms with Crippen LogP contribution < -0.4 is 0 Å². The summed E-state index contributed by atoms with van der Waals surface area (Å²) in [6.45, 7) is 9.74. The molecule has 0 bridgehead atoms. The fourth-order valence-corrected chi connectivity index (χ4v) is 10.0. The molecule has 2 aliphatic rings. The van der Waals surface area contributed by atoms with E-state index in [2.05, 4.69) is 185 Å². The Morgan fingerprint density at radius 2 is 0.750 bits per heavy atom. The SMILES string of the molecule is CC1(C)c2cc3c(cc2-c2c1cc(-c1cccc4ccccc14)c1ccccc21)C(C)(C)c1cccc2c(-c4cccc5ccccc45)ccc-3c12. The quantitative estimate of drug-likeness (QED) is 0.173. The Morgan fingerprint density at radius 3 is 1.46 bits per heavy atom. The molecule has 0 fully saturated rings. The van der Waals surface area contributed by atoms with Gasteiger partial charge in [0.1, 0.15) is 0 Å². The molecule has 9 aromatic rings. The van der Waals surface area contributed by atoms with Crippen molar-refractivity contribution < 1.29 is 0 Å². The molecule has 0 aliphatic heterocycles. The molecule has 52 heavy (non-hydrogen) atoms. The molecular weight excluding hydrogens is 625 g/mol. The van der Waals surface area contributed by atoms with Gasteiger partial charge in [-0.15, -0.1) is 0 Å². The standard InChI is InChI=1S/C52H38/c1-51(2)45-25-13-24-40-38(35-22-11-16-31-14-5-7-18-33(31)35)26-27-41(49(40)45)43-29-47-44(30-46(43)51)50-39-21-10-9-20-37(39)42(28-48(50)52(47,3)4)36-23-12-17-32-15-6-8-19-34(32)36/h5-30H,1-4H3. The lowest BCUT2D eigenvalue weighted by Gasteiger charge is -2.36. The molecule has 0 heterocycles. The predicted octanol–water partition coefficient (Wildman–Crippen LogP) is 14.2. The lowest BCUT2D eigenvalue weighted by molar-refractivity contribution is 0.639.